The van der Waals surface area contributed by atoms with Crippen molar-refractivity contribution < 1.29 is 9.90 Å². The van der Waals surface area contributed by atoms with E-state index >= 15 is 0 Å². The zero-order valence-corrected chi connectivity index (χ0v) is 15.3. The van der Waals surface area contributed by atoms with Gasteiger partial charge in [-0.05, 0) is 43.5 Å². The fourth-order valence-corrected chi connectivity index (χ4v) is 3.48. The first-order valence-electron chi connectivity index (χ1n) is 7.09. The van der Waals surface area contributed by atoms with Gasteiger partial charge in [0.15, 0.2) is 0 Å². The van der Waals surface area contributed by atoms with Crippen LogP contribution < -0.4 is 0 Å². The second kappa shape index (κ2) is 6.72. The second-order valence-corrected chi connectivity index (χ2v) is 8.10. The summed E-state index contributed by atoms with van der Waals surface area (Å²) in [5, 5.41) is 9.54. The molecule has 0 amide bonds. The summed E-state index contributed by atoms with van der Waals surface area (Å²) in [6.07, 6.45) is 0. The summed E-state index contributed by atoms with van der Waals surface area (Å²) in [4.78, 5) is 11.6. The van der Waals surface area contributed by atoms with E-state index in [9.17, 15) is 9.90 Å². The van der Waals surface area contributed by atoms with Crippen molar-refractivity contribution in [1.82, 2.24) is 0 Å². The molecule has 0 aromatic heterocycles. The van der Waals surface area contributed by atoms with Crippen LogP contribution in [0.3, 0.4) is 0 Å². The molecular formula is C18H17Cl3O2. The van der Waals surface area contributed by atoms with Crippen molar-refractivity contribution in [3.8, 4) is 0 Å². The van der Waals surface area contributed by atoms with Gasteiger partial charge in [0.25, 0.3) is 0 Å². The number of hydrogen-bond donors (Lipinski definition) is 1. The Bertz CT molecular complexity index is 748. The normalized spacial score (nSPS) is 13.0. The molecule has 1 N–H and O–H groups in total. The molecule has 0 saturated carbocycles. The molecule has 0 aliphatic carbocycles. The highest BCUT2D eigenvalue weighted by molar-refractivity contribution is 6.68. The molecule has 0 bridgehead atoms. The lowest BCUT2D eigenvalue weighted by Crippen LogP contribution is -2.22. The zero-order chi connectivity index (χ0) is 17.4. The average Bonchev–Trinajstić information content (AvgIpc) is 2.41. The number of benzene rings is 2. The number of aromatic carboxylic acids is 1. The van der Waals surface area contributed by atoms with Gasteiger partial charge in [0.1, 0.15) is 0 Å². The Kier molecular flexibility index (Phi) is 5.30. The molecule has 1 atom stereocenters. The molecule has 0 aliphatic heterocycles. The van der Waals surface area contributed by atoms with E-state index in [1.165, 1.54) is 0 Å². The Labute approximate surface area is 151 Å². The molecular weight excluding hydrogens is 355 g/mol. The van der Waals surface area contributed by atoms with Crippen molar-refractivity contribution in [3.63, 3.8) is 0 Å². The van der Waals surface area contributed by atoms with Crippen LogP contribution in [0.5, 0.6) is 0 Å². The Morgan fingerprint density at radius 1 is 0.957 bits per heavy atom. The lowest BCUT2D eigenvalue weighted by atomic mass is 9.85. The van der Waals surface area contributed by atoms with Crippen LogP contribution >= 0.6 is 34.8 Å². The van der Waals surface area contributed by atoms with Crippen LogP contribution in [-0.2, 0) is 0 Å². The summed E-state index contributed by atoms with van der Waals surface area (Å²) < 4.78 is -1.67. The van der Waals surface area contributed by atoms with Gasteiger partial charge in [0.2, 0.25) is 3.79 Å². The first-order valence-corrected chi connectivity index (χ1v) is 8.22. The van der Waals surface area contributed by atoms with Gasteiger partial charge in [-0.1, -0.05) is 76.3 Å². The first kappa shape index (κ1) is 18.1. The minimum Gasteiger partial charge on any atom is -0.478 e. The molecule has 1 unspecified atom stereocenters. The van der Waals surface area contributed by atoms with E-state index in [4.69, 9.17) is 34.8 Å². The number of carboxylic acid groups (broad SMARTS) is 1. The summed E-state index contributed by atoms with van der Waals surface area (Å²) in [5.41, 5.74) is 4.35. The van der Waals surface area contributed by atoms with Gasteiger partial charge in [0.05, 0.1) is 11.5 Å². The molecule has 23 heavy (non-hydrogen) atoms. The Hall–Kier alpha value is -1.22. The van der Waals surface area contributed by atoms with E-state index in [-0.39, 0.29) is 5.56 Å². The summed E-state index contributed by atoms with van der Waals surface area (Å²) in [7, 11) is 0. The highest BCUT2D eigenvalue weighted by Gasteiger charge is 2.38. The monoisotopic (exact) mass is 370 g/mol. The molecule has 122 valence electrons. The van der Waals surface area contributed by atoms with Gasteiger partial charge in [0, 0.05) is 0 Å². The second-order valence-electron chi connectivity index (χ2n) is 5.73. The first-order chi connectivity index (χ1) is 10.6. The highest BCUT2D eigenvalue weighted by atomic mass is 35.6. The summed E-state index contributed by atoms with van der Waals surface area (Å²) in [6.45, 7) is 5.74. The molecule has 0 aliphatic rings. The molecule has 0 fully saturated rings. The van der Waals surface area contributed by atoms with Crippen LogP contribution in [-0.4, -0.2) is 14.9 Å². The third kappa shape index (κ3) is 4.00. The van der Waals surface area contributed by atoms with Crippen molar-refractivity contribution in [1.29, 1.82) is 0 Å². The van der Waals surface area contributed by atoms with Crippen LogP contribution in [0, 0.1) is 20.8 Å². The van der Waals surface area contributed by atoms with Gasteiger partial charge >= 0.3 is 5.97 Å². The predicted octanol–water partition coefficient (Wildman–Crippen LogP) is 5.81. The van der Waals surface area contributed by atoms with E-state index in [1.54, 1.807) is 12.1 Å². The Morgan fingerprint density at radius 3 is 1.96 bits per heavy atom. The predicted molar refractivity (Wildman–Crippen MR) is 96.2 cm³/mol. The van der Waals surface area contributed by atoms with Crippen molar-refractivity contribution in [2.45, 2.75) is 30.5 Å². The maximum Gasteiger partial charge on any atom is 0.335 e. The third-order valence-corrected chi connectivity index (χ3v) is 4.47. The van der Waals surface area contributed by atoms with Crippen LogP contribution in [0.1, 0.15) is 44.1 Å². The molecule has 2 nitrogen and oxygen atoms in total. The maximum absolute atomic E-state index is 11.6. The molecule has 2 aromatic carbocycles. The van der Waals surface area contributed by atoms with Gasteiger partial charge in [-0.25, -0.2) is 4.79 Å². The number of carbonyl (C=O) groups is 1. The van der Waals surface area contributed by atoms with Crippen LogP contribution in [0.4, 0.5) is 0 Å². The zero-order valence-electron chi connectivity index (χ0n) is 13.0. The smallest absolute Gasteiger partial charge is 0.335 e. The van der Waals surface area contributed by atoms with Crippen LogP contribution in [0.25, 0.3) is 0 Å². The molecule has 2 aromatic rings. The fraction of sp³-hybridized carbons (Fsp3) is 0.278. The lowest BCUT2D eigenvalue weighted by Gasteiger charge is -2.28. The SMILES string of the molecule is Cc1ccc(C(c2ccc(C)cc2C(=O)O)C(Cl)(Cl)Cl)c(C)c1. The average molecular weight is 372 g/mol. The van der Waals surface area contributed by atoms with Gasteiger partial charge in [-0.15, -0.1) is 0 Å². The fourth-order valence-electron chi connectivity index (χ4n) is 2.78. The van der Waals surface area contributed by atoms with Crippen molar-refractivity contribution in [3.05, 3.63) is 69.8 Å². The van der Waals surface area contributed by atoms with E-state index in [0.717, 1.165) is 22.3 Å². The minimum absolute atomic E-state index is 0.154. The molecule has 0 radical (unpaired) electrons. The topological polar surface area (TPSA) is 37.3 Å². The van der Waals surface area contributed by atoms with E-state index in [1.807, 2.05) is 45.0 Å². The maximum atomic E-state index is 11.6. The lowest BCUT2D eigenvalue weighted by molar-refractivity contribution is 0.0695. The van der Waals surface area contributed by atoms with Crippen LogP contribution in [0.2, 0.25) is 0 Å². The number of alkyl halides is 3. The molecule has 0 heterocycles. The molecule has 0 saturated heterocycles. The highest BCUT2D eigenvalue weighted by Crippen LogP contribution is 2.47. The minimum atomic E-state index is -1.67. The van der Waals surface area contributed by atoms with E-state index in [0.29, 0.717) is 5.56 Å². The van der Waals surface area contributed by atoms with E-state index < -0.39 is 15.7 Å². The van der Waals surface area contributed by atoms with E-state index in [2.05, 4.69) is 0 Å². The Balaban J connectivity index is 2.73. The summed E-state index contributed by atoms with van der Waals surface area (Å²) in [5.74, 6) is -1.70. The largest absolute Gasteiger partial charge is 0.478 e. The number of rotatable bonds is 3. The quantitative estimate of drug-likeness (QED) is 0.691. The Morgan fingerprint density at radius 2 is 1.48 bits per heavy atom. The van der Waals surface area contributed by atoms with Gasteiger partial charge < -0.3 is 5.11 Å². The molecule has 5 heteroatoms. The number of aryl methyl sites for hydroxylation is 3. The van der Waals surface area contributed by atoms with Gasteiger partial charge in [-0.3, -0.25) is 0 Å². The summed E-state index contributed by atoms with van der Waals surface area (Å²) in [6, 6.07) is 11.0. The van der Waals surface area contributed by atoms with Gasteiger partial charge in [-0.2, -0.15) is 0 Å². The number of hydrogen-bond acceptors (Lipinski definition) is 1. The van der Waals surface area contributed by atoms with Crippen molar-refractivity contribution in [2.75, 3.05) is 0 Å². The van der Waals surface area contributed by atoms with Crippen LogP contribution in [0.15, 0.2) is 36.4 Å². The summed E-state index contributed by atoms with van der Waals surface area (Å²) >= 11 is 18.7. The third-order valence-electron chi connectivity index (χ3n) is 3.81. The number of halogens is 3. The van der Waals surface area contributed by atoms with Crippen molar-refractivity contribution in [2.24, 2.45) is 0 Å². The standard InChI is InChI=1S/C18H17Cl3O2/c1-10-4-6-13(12(3)8-10)16(18(19,20)21)14-7-5-11(2)9-15(14)17(22)23/h4-9,16H,1-3H3,(H,22,23). The molecule has 0 spiro atoms. The van der Waals surface area contributed by atoms with Crippen molar-refractivity contribution >= 4 is 40.8 Å². The number of carboxylic acids is 1. The molecule has 2 rings (SSSR count).